The Balaban J connectivity index is 1.84. The quantitative estimate of drug-likeness (QED) is 0.760. The highest BCUT2D eigenvalue weighted by Gasteiger charge is 2.20. The van der Waals surface area contributed by atoms with E-state index in [0.29, 0.717) is 6.42 Å². The first kappa shape index (κ1) is 19.4. The number of carbonyl (C=O) groups is 2. The van der Waals surface area contributed by atoms with Crippen LogP contribution in [-0.4, -0.2) is 29.6 Å². The summed E-state index contributed by atoms with van der Waals surface area (Å²) in [5, 5.41) is 11.8. The minimum atomic E-state index is -1.24. The second-order valence-electron chi connectivity index (χ2n) is 6.13. The number of carboxylic acids is 1. The Labute approximate surface area is 151 Å². The van der Waals surface area contributed by atoms with E-state index in [9.17, 15) is 19.1 Å². The number of halogens is 1. The van der Waals surface area contributed by atoms with Crippen molar-refractivity contribution in [3.8, 4) is 5.75 Å². The standard InChI is InChI=1S/C20H22FNO4/c1-13-3-4-15(14(2)11-13)5-10-19(23)22-12-18(20(24)25)26-17-8-6-16(21)7-9-17/h3-4,6-9,11,18H,5,10,12H2,1-2H3,(H,22,23)(H,24,25). The van der Waals surface area contributed by atoms with E-state index in [1.807, 2.05) is 26.0 Å². The highest BCUT2D eigenvalue weighted by atomic mass is 19.1. The van der Waals surface area contributed by atoms with E-state index in [-0.39, 0.29) is 24.6 Å². The Hall–Kier alpha value is -2.89. The number of carboxylic acid groups (broad SMARTS) is 1. The van der Waals surface area contributed by atoms with Crippen molar-refractivity contribution in [2.24, 2.45) is 0 Å². The average molecular weight is 359 g/mol. The third kappa shape index (κ3) is 5.88. The minimum absolute atomic E-state index is 0.168. The van der Waals surface area contributed by atoms with Gasteiger partial charge in [0.2, 0.25) is 12.0 Å². The summed E-state index contributed by atoms with van der Waals surface area (Å²) in [6.45, 7) is 3.84. The van der Waals surface area contributed by atoms with Gasteiger partial charge in [-0.1, -0.05) is 23.8 Å². The second-order valence-corrected chi connectivity index (χ2v) is 6.13. The lowest BCUT2D eigenvalue weighted by Crippen LogP contribution is -2.40. The van der Waals surface area contributed by atoms with Gasteiger partial charge in [-0.15, -0.1) is 0 Å². The fourth-order valence-electron chi connectivity index (χ4n) is 2.53. The smallest absolute Gasteiger partial charge is 0.346 e. The first-order chi connectivity index (χ1) is 12.3. The van der Waals surface area contributed by atoms with Crippen molar-refractivity contribution in [3.63, 3.8) is 0 Å². The van der Waals surface area contributed by atoms with E-state index in [4.69, 9.17) is 4.74 Å². The molecule has 0 bridgehead atoms. The van der Waals surface area contributed by atoms with Gasteiger partial charge in [0.25, 0.3) is 0 Å². The molecule has 0 fully saturated rings. The number of hydrogen-bond donors (Lipinski definition) is 2. The molecule has 0 aliphatic carbocycles. The number of carbonyl (C=O) groups excluding carboxylic acids is 1. The van der Waals surface area contributed by atoms with Gasteiger partial charge in [-0.2, -0.15) is 0 Å². The van der Waals surface area contributed by atoms with Crippen LogP contribution < -0.4 is 10.1 Å². The third-order valence-corrected chi connectivity index (χ3v) is 3.97. The fraction of sp³-hybridized carbons (Fsp3) is 0.300. The molecule has 0 aromatic heterocycles. The van der Waals surface area contributed by atoms with Gasteiger partial charge in [0.15, 0.2) is 0 Å². The zero-order valence-electron chi connectivity index (χ0n) is 14.8. The Bertz CT molecular complexity index is 774. The molecule has 1 atom stereocenters. The first-order valence-electron chi connectivity index (χ1n) is 8.33. The predicted octanol–water partition coefficient (Wildman–Crippen LogP) is 3.02. The van der Waals surface area contributed by atoms with Crippen molar-refractivity contribution >= 4 is 11.9 Å². The molecule has 0 spiro atoms. The molecular weight excluding hydrogens is 337 g/mol. The first-order valence-corrected chi connectivity index (χ1v) is 8.33. The maximum absolute atomic E-state index is 12.9. The van der Waals surface area contributed by atoms with E-state index in [1.54, 1.807) is 0 Å². The molecule has 0 heterocycles. The highest BCUT2D eigenvalue weighted by molar-refractivity contribution is 5.78. The lowest BCUT2D eigenvalue weighted by molar-refractivity contribution is -0.145. The summed E-state index contributed by atoms with van der Waals surface area (Å²) in [5.74, 6) is -1.67. The number of amides is 1. The Kier molecular flexibility index (Phi) is 6.72. The van der Waals surface area contributed by atoms with Gasteiger partial charge >= 0.3 is 5.97 Å². The minimum Gasteiger partial charge on any atom is -0.478 e. The van der Waals surface area contributed by atoms with Gasteiger partial charge in [0.1, 0.15) is 11.6 Å². The normalized spacial score (nSPS) is 11.7. The van der Waals surface area contributed by atoms with E-state index in [0.717, 1.165) is 16.7 Å². The second kappa shape index (κ2) is 8.99. The number of rotatable bonds is 8. The number of hydrogen-bond acceptors (Lipinski definition) is 3. The van der Waals surface area contributed by atoms with Gasteiger partial charge in [0.05, 0.1) is 6.54 Å². The lowest BCUT2D eigenvalue weighted by Gasteiger charge is -2.16. The SMILES string of the molecule is Cc1ccc(CCC(=O)NCC(Oc2ccc(F)cc2)C(=O)O)c(C)c1. The van der Waals surface area contributed by atoms with Crippen molar-refractivity contribution in [3.05, 3.63) is 65.0 Å². The summed E-state index contributed by atoms with van der Waals surface area (Å²) in [6, 6.07) is 11.1. The molecule has 2 aromatic rings. The summed E-state index contributed by atoms with van der Waals surface area (Å²) < 4.78 is 18.2. The Morgan fingerprint density at radius 1 is 1.15 bits per heavy atom. The molecule has 26 heavy (non-hydrogen) atoms. The lowest BCUT2D eigenvalue weighted by atomic mass is 10.0. The Morgan fingerprint density at radius 2 is 1.85 bits per heavy atom. The van der Waals surface area contributed by atoms with Crippen LogP contribution in [0.5, 0.6) is 5.75 Å². The largest absolute Gasteiger partial charge is 0.478 e. The van der Waals surface area contributed by atoms with Crippen LogP contribution in [0.2, 0.25) is 0 Å². The molecule has 0 aliphatic heterocycles. The van der Waals surface area contributed by atoms with Gasteiger partial charge in [-0.25, -0.2) is 9.18 Å². The molecule has 6 heteroatoms. The number of aliphatic carboxylic acids is 1. The number of aryl methyl sites for hydroxylation is 3. The molecular formula is C20H22FNO4. The van der Waals surface area contributed by atoms with Crippen LogP contribution in [0, 0.1) is 19.7 Å². The van der Waals surface area contributed by atoms with Crippen LogP contribution in [-0.2, 0) is 16.0 Å². The number of ether oxygens (including phenoxy) is 1. The van der Waals surface area contributed by atoms with Gasteiger partial charge in [-0.05, 0) is 55.7 Å². The summed E-state index contributed by atoms with van der Waals surface area (Å²) in [6.07, 6.45) is -0.410. The predicted molar refractivity (Wildman–Crippen MR) is 95.7 cm³/mol. The third-order valence-electron chi connectivity index (χ3n) is 3.97. The number of nitrogens with one attached hydrogen (secondary N) is 1. The average Bonchev–Trinajstić information content (AvgIpc) is 2.59. The topological polar surface area (TPSA) is 75.6 Å². The molecule has 0 saturated heterocycles. The van der Waals surface area contributed by atoms with Crippen molar-refractivity contribution in [2.75, 3.05) is 6.54 Å². The molecule has 5 nitrogen and oxygen atoms in total. The van der Waals surface area contributed by atoms with Crippen LogP contribution in [0.1, 0.15) is 23.1 Å². The van der Waals surface area contributed by atoms with Crippen LogP contribution >= 0.6 is 0 Å². The van der Waals surface area contributed by atoms with Crippen molar-refractivity contribution < 1.29 is 23.8 Å². The molecule has 2 rings (SSSR count). The van der Waals surface area contributed by atoms with E-state index in [1.165, 1.54) is 24.3 Å². The van der Waals surface area contributed by atoms with Crippen molar-refractivity contribution in [1.29, 1.82) is 0 Å². The molecule has 0 aliphatic rings. The van der Waals surface area contributed by atoms with Crippen LogP contribution in [0.4, 0.5) is 4.39 Å². The molecule has 0 saturated carbocycles. The van der Waals surface area contributed by atoms with Crippen LogP contribution in [0.15, 0.2) is 42.5 Å². The van der Waals surface area contributed by atoms with Gasteiger partial charge < -0.3 is 15.2 Å². The molecule has 0 radical (unpaired) electrons. The highest BCUT2D eigenvalue weighted by Crippen LogP contribution is 2.14. The summed E-state index contributed by atoms with van der Waals surface area (Å²) >= 11 is 0. The Morgan fingerprint density at radius 3 is 2.46 bits per heavy atom. The van der Waals surface area contributed by atoms with Crippen molar-refractivity contribution in [1.82, 2.24) is 5.32 Å². The molecule has 2 aromatic carbocycles. The van der Waals surface area contributed by atoms with E-state index in [2.05, 4.69) is 11.4 Å². The maximum Gasteiger partial charge on any atom is 0.346 e. The molecule has 2 N–H and O–H groups in total. The number of benzene rings is 2. The van der Waals surface area contributed by atoms with Crippen molar-refractivity contribution in [2.45, 2.75) is 32.8 Å². The van der Waals surface area contributed by atoms with Gasteiger partial charge in [0, 0.05) is 6.42 Å². The molecule has 1 unspecified atom stereocenters. The van der Waals surface area contributed by atoms with E-state index < -0.39 is 17.9 Å². The zero-order valence-corrected chi connectivity index (χ0v) is 14.8. The summed E-state index contributed by atoms with van der Waals surface area (Å²) in [7, 11) is 0. The zero-order chi connectivity index (χ0) is 19.1. The maximum atomic E-state index is 12.9. The summed E-state index contributed by atoms with van der Waals surface area (Å²) in [4.78, 5) is 23.3. The van der Waals surface area contributed by atoms with Crippen LogP contribution in [0.3, 0.4) is 0 Å². The van der Waals surface area contributed by atoms with Gasteiger partial charge in [-0.3, -0.25) is 4.79 Å². The monoisotopic (exact) mass is 359 g/mol. The molecule has 1 amide bonds. The van der Waals surface area contributed by atoms with E-state index >= 15 is 0 Å². The van der Waals surface area contributed by atoms with Crippen LogP contribution in [0.25, 0.3) is 0 Å². The fourth-order valence-corrected chi connectivity index (χ4v) is 2.53. The summed E-state index contributed by atoms with van der Waals surface area (Å²) in [5.41, 5.74) is 3.38. The molecule has 138 valence electrons.